The smallest absolute Gasteiger partial charge is 0.251 e. The molecule has 3 heterocycles. The van der Waals surface area contributed by atoms with Crippen LogP contribution in [0.5, 0.6) is 0 Å². The predicted molar refractivity (Wildman–Crippen MR) is 122 cm³/mol. The Kier molecular flexibility index (Phi) is 4.32. The summed E-state index contributed by atoms with van der Waals surface area (Å²) in [6.45, 7) is 0. The van der Waals surface area contributed by atoms with E-state index in [-0.39, 0.29) is 18.0 Å². The van der Waals surface area contributed by atoms with Crippen LogP contribution >= 0.6 is 0 Å². The molecule has 0 radical (unpaired) electrons. The molecule has 1 aliphatic rings. The molecule has 3 aromatic heterocycles. The number of nitrogens with zero attached hydrogens (tertiary/aromatic N) is 2. The zero-order valence-electron chi connectivity index (χ0n) is 17.3. The van der Waals surface area contributed by atoms with Gasteiger partial charge < -0.3 is 20.5 Å². The number of rotatable bonds is 4. The number of imidazole rings is 1. The van der Waals surface area contributed by atoms with Crippen molar-refractivity contribution in [3.8, 4) is 22.8 Å². The lowest BCUT2D eigenvalue weighted by molar-refractivity contribution is 0.0938. The second-order valence-electron chi connectivity index (χ2n) is 8.37. The quantitative estimate of drug-likeness (QED) is 0.346. The molecule has 0 bridgehead atoms. The highest BCUT2D eigenvalue weighted by Gasteiger charge is 2.24. The van der Waals surface area contributed by atoms with Crippen molar-refractivity contribution in [1.29, 1.82) is 0 Å². The molecule has 1 amide bonds. The van der Waals surface area contributed by atoms with Crippen molar-refractivity contribution in [2.75, 3.05) is 0 Å². The predicted octanol–water partition coefficient (Wildman–Crippen LogP) is 3.98. The number of benzene rings is 2. The van der Waals surface area contributed by atoms with Crippen LogP contribution < -0.4 is 11.1 Å². The highest BCUT2D eigenvalue weighted by atomic mass is 16.3. The number of hydrogen-bond acceptors (Lipinski definition) is 5. The van der Waals surface area contributed by atoms with E-state index in [4.69, 9.17) is 15.1 Å². The van der Waals surface area contributed by atoms with E-state index in [9.17, 15) is 4.79 Å². The highest BCUT2D eigenvalue weighted by molar-refractivity contribution is 6.01. The number of aromatic nitrogens is 4. The molecule has 8 nitrogen and oxygen atoms in total. The summed E-state index contributed by atoms with van der Waals surface area (Å²) >= 11 is 0. The van der Waals surface area contributed by atoms with E-state index in [0.29, 0.717) is 17.1 Å². The molecule has 5 N–H and O–H groups in total. The minimum Gasteiger partial charge on any atom is -0.464 e. The van der Waals surface area contributed by atoms with Gasteiger partial charge >= 0.3 is 0 Å². The van der Waals surface area contributed by atoms with Gasteiger partial charge in [-0.15, -0.1) is 0 Å². The molecule has 6 rings (SSSR count). The molecule has 1 saturated carbocycles. The van der Waals surface area contributed by atoms with Gasteiger partial charge in [-0.3, -0.25) is 9.89 Å². The van der Waals surface area contributed by atoms with Gasteiger partial charge in [0.1, 0.15) is 11.5 Å². The van der Waals surface area contributed by atoms with E-state index < -0.39 is 0 Å². The minimum atomic E-state index is -0.0918. The van der Waals surface area contributed by atoms with Gasteiger partial charge in [-0.05, 0) is 67.8 Å². The molecule has 0 aliphatic heterocycles. The van der Waals surface area contributed by atoms with E-state index in [1.165, 1.54) is 0 Å². The average Bonchev–Trinajstić information content (AvgIpc) is 3.58. The van der Waals surface area contributed by atoms with Crippen LogP contribution in [-0.4, -0.2) is 38.2 Å². The Hall–Kier alpha value is -3.91. The van der Waals surface area contributed by atoms with E-state index in [2.05, 4.69) is 20.5 Å². The van der Waals surface area contributed by atoms with Gasteiger partial charge in [0.15, 0.2) is 5.82 Å². The molecule has 32 heavy (non-hydrogen) atoms. The molecule has 0 unspecified atom stereocenters. The second-order valence-corrected chi connectivity index (χ2v) is 8.37. The fourth-order valence-corrected chi connectivity index (χ4v) is 4.47. The van der Waals surface area contributed by atoms with E-state index in [0.717, 1.165) is 52.5 Å². The third-order valence-corrected chi connectivity index (χ3v) is 6.15. The summed E-state index contributed by atoms with van der Waals surface area (Å²) in [5, 5.41) is 11.4. The van der Waals surface area contributed by atoms with Gasteiger partial charge in [0, 0.05) is 28.6 Å². The Bertz CT molecular complexity index is 1430. The Morgan fingerprint density at radius 2 is 2.06 bits per heavy atom. The largest absolute Gasteiger partial charge is 0.464 e. The van der Waals surface area contributed by atoms with Crippen LogP contribution in [0.25, 0.3) is 44.8 Å². The van der Waals surface area contributed by atoms with E-state index in [1.807, 2.05) is 48.5 Å². The van der Waals surface area contributed by atoms with Crippen molar-refractivity contribution < 1.29 is 9.21 Å². The zero-order chi connectivity index (χ0) is 21.7. The van der Waals surface area contributed by atoms with Crippen molar-refractivity contribution in [2.45, 2.75) is 31.3 Å². The van der Waals surface area contributed by atoms with Gasteiger partial charge in [-0.2, -0.15) is 5.10 Å². The number of aromatic amines is 2. The van der Waals surface area contributed by atoms with Crippen molar-refractivity contribution in [3.05, 3.63) is 60.4 Å². The van der Waals surface area contributed by atoms with Crippen LogP contribution in [0.3, 0.4) is 0 Å². The summed E-state index contributed by atoms with van der Waals surface area (Å²) < 4.78 is 5.50. The van der Waals surface area contributed by atoms with Crippen molar-refractivity contribution in [3.63, 3.8) is 0 Å². The maximum absolute atomic E-state index is 12.8. The van der Waals surface area contributed by atoms with Crippen LogP contribution in [-0.2, 0) is 0 Å². The van der Waals surface area contributed by atoms with E-state index in [1.54, 1.807) is 6.26 Å². The number of amides is 1. The van der Waals surface area contributed by atoms with Gasteiger partial charge in [0.05, 0.1) is 22.8 Å². The molecule has 1 aliphatic carbocycles. The van der Waals surface area contributed by atoms with Gasteiger partial charge in [0.25, 0.3) is 5.91 Å². The number of furan rings is 1. The second kappa shape index (κ2) is 7.35. The van der Waals surface area contributed by atoms with Crippen molar-refractivity contribution in [1.82, 2.24) is 25.5 Å². The van der Waals surface area contributed by atoms with Crippen LogP contribution in [0.1, 0.15) is 29.6 Å². The zero-order valence-corrected chi connectivity index (χ0v) is 17.3. The molecule has 2 aromatic carbocycles. The average molecular weight is 426 g/mol. The number of hydrogen-bond donors (Lipinski definition) is 4. The first-order valence-corrected chi connectivity index (χ1v) is 10.7. The molecular weight excluding hydrogens is 404 g/mol. The summed E-state index contributed by atoms with van der Waals surface area (Å²) in [6, 6.07) is 15.6. The fourth-order valence-electron chi connectivity index (χ4n) is 4.47. The number of carbonyl (C=O) groups excluding carboxylic acids is 1. The maximum atomic E-state index is 12.8. The highest BCUT2D eigenvalue weighted by Crippen LogP contribution is 2.29. The Labute approximate surface area is 183 Å². The summed E-state index contributed by atoms with van der Waals surface area (Å²) in [4.78, 5) is 20.9. The molecular formula is C24H22N6O2. The first kappa shape index (κ1) is 18.8. The van der Waals surface area contributed by atoms with Gasteiger partial charge in [-0.1, -0.05) is 0 Å². The van der Waals surface area contributed by atoms with Crippen LogP contribution in [0.15, 0.2) is 59.2 Å². The number of fused-ring (bicyclic) bond motifs is 2. The first-order valence-electron chi connectivity index (χ1n) is 10.7. The summed E-state index contributed by atoms with van der Waals surface area (Å²) in [5.41, 5.74) is 10.8. The molecule has 8 heteroatoms. The van der Waals surface area contributed by atoms with E-state index >= 15 is 0 Å². The summed E-state index contributed by atoms with van der Waals surface area (Å²) in [6.07, 6.45) is 4.35. The number of nitrogens with two attached hydrogens (primary N) is 1. The summed E-state index contributed by atoms with van der Waals surface area (Å²) in [7, 11) is 0. The Morgan fingerprint density at radius 1 is 1.12 bits per heavy atom. The van der Waals surface area contributed by atoms with Crippen molar-refractivity contribution >= 4 is 27.8 Å². The standard InChI is InChI=1S/C24H22N6O2/c25-15-5-6-16(12-15)26-24(31)14-4-7-18-17(10-14)22(30-29-18)23-27-19-8-3-13(11-20(19)28-23)21-2-1-9-32-21/h1-4,7-11,15-16H,5-6,12,25H2,(H,26,31)(H,27,28)(H,29,30)/t15-,16-/m0/s1. The third kappa shape index (κ3) is 3.25. The number of nitrogens with one attached hydrogen (secondary N) is 3. The lowest BCUT2D eigenvalue weighted by atomic mass is 10.1. The maximum Gasteiger partial charge on any atom is 0.251 e. The topological polar surface area (TPSA) is 126 Å². The van der Waals surface area contributed by atoms with Crippen LogP contribution in [0.4, 0.5) is 0 Å². The minimum absolute atomic E-state index is 0.0918. The lowest BCUT2D eigenvalue weighted by Gasteiger charge is -2.12. The fraction of sp³-hybridized carbons (Fsp3) is 0.208. The van der Waals surface area contributed by atoms with Crippen LogP contribution in [0, 0.1) is 0 Å². The molecule has 1 fully saturated rings. The van der Waals surface area contributed by atoms with Crippen molar-refractivity contribution in [2.24, 2.45) is 5.73 Å². The molecule has 2 atom stereocenters. The Morgan fingerprint density at radius 3 is 2.88 bits per heavy atom. The lowest BCUT2D eigenvalue weighted by Crippen LogP contribution is -2.34. The SMILES string of the molecule is N[C@H]1CC[C@H](NC(=O)c2ccc3[nH]nc(-c4nc5ccc(-c6ccco6)cc5[nH]4)c3c2)C1. The van der Waals surface area contributed by atoms with Crippen LogP contribution in [0.2, 0.25) is 0 Å². The third-order valence-electron chi connectivity index (χ3n) is 6.15. The normalized spacial score (nSPS) is 18.5. The molecule has 0 spiro atoms. The number of H-pyrrole nitrogens is 2. The molecule has 0 saturated heterocycles. The summed E-state index contributed by atoms with van der Waals surface area (Å²) in [5.74, 6) is 1.35. The number of carbonyl (C=O) groups is 1. The van der Waals surface area contributed by atoms with Gasteiger partial charge in [-0.25, -0.2) is 4.98 Å². The first-order chi connectivity index (χ1) is 15.6. The molecule has 5 aromatic rings. The monoisotopic (exact) mass is 426 g/mol. The van der Waals surface area contributed by atoms with Gasteiger partial charge in [0.2, 0.25) is 0 Å². The Balaban J connectivity index is 1.34. The molecule has 160 valence electrons.